The summed E-state index contributed by atoms with van der Waals surface area (Å²) < 4.78 is 18.8. The molecule has 3 aromatic rings. The first-order valence-corrected chi connectivity index (χ1v) is 10.3. The number of nitrogens with one attached hydrogen (secondary N) is 1. The molecule has 2 amide bonds. The molecule has 0 saturated heterocycles. The number of halogens is 1. The number of thiazole rings is 1. The molecular weight excluding hydrogens is 405 g/mol. The molecule has 0 saturated carbocycles. The standard InChI is InChI=1S/C22H22FN3O3S/c1-3-26(13-15-9-10-19(29-2)18(23)11-15)20(27)12-17-14-30-22(24-17)25-21(28)16-7-5-4-6-8-16/h4-11,14H,3,12-13H2,1-2H3,(H,24,25,28). The SMILES string of the molecule is CCN(Cc1ccc(OC)c(F)c1)C(=O)Cc1csc(NC(=O)c2ccccc2)n1. The number of carbonyl (C=O) groups excluding carboxylic acids is 2. The number of aromatic nitrogens is 1. The van der Waals surface area contributed by atoms with Gasteiger partial charge in [0, 0.05) is 24.0 Å². The zero-order valence-corrected chi connectivity index (χ0v) is 17.5. The second kappa shape index (κ2) is 9.98. The van der Waals surface area contributed by atoms with Gasteiger partial charge in [0.1, 0.15) is 0 Å². The number of ether oxygens (including phenoxy) is 1. The van der Waals surface area contributed by atoms with Crippen molar-refractivity contribution in [3.8, 4) is 5.75 Å². The predicted octanol–water partition coefficient (Wildman–Crippen LogP) is 4.13. The van der Waals surface area contributed by atoms with Gasteiger partial charge in [-0.15, -0.1) is 11.3 Å². The third kappa shape index (κ3) is 5.42. The molecule has 0 radical (unpaired) electrons. The van der Waals surface area contributed by atoms with Gasteiger partial charge in [0.05, 0.1) is 19.2 Å². The lowest BCUT2D eigenvalue weighted by Crippen LogP contribution is -2.31. The fourth-order valence-corrected chi connectivity index (χ4v) is 3.58. The van der Waals surface area contributed by atoms with Crippen LogP contribution >= 0.6 is 11.3 Å². The normalized spacial score (nSPS) is 10.5. The van der Waals surface area contributed by atoms with E-state index in [1.165, 1.54) is 24.5 Å². The molecule has 0 unspecified atom stereocenters. The number of amides is 2. The quantitative estimate of drug-likeness (QED) is 0.587. The Morgan fingerprint density at radius 3 is 2.63 bits per heavy atom. The van der Waals surface area contributed by atoms with E-state index in [4.69, 9.17) is 4.74 Å². The van der Waals surface area contributed by atoms with Crippen LogP contribution in [-0.4, -0.2) is 35.4 Å². The number of likely N-dealkylation sites (N-methyl/N-ethyl adjacent to an activating group) is 1. The van der Waals surface area contributed by atoms with E-state index in [0.717, 1.165) is 0 Å². The lowest BCUT2D eigenvalue weighted by atomic mass is 10.2. The average molecular weight is 428 g/mol. The van der Waals surface area contributed by atoms with Crippen LogP contribution in [0.1, 0.15) is 28.5 Å². The van der Waals surface area contributed by atoms with Gasteiger partial charge in [0.2, 0.25) is 5.91 Å². The highest BCUT2D eigenvalue weighted by molar-refractivity contribution is 7.14. The maximum Gasteiger partial charge on any atom is 0.257 e. The molecule has 0 spiro atoms. The summed E-state index contributed by atoms with van der Waals surface area (Å²) in [4.78, 5) is 30.9. The van der Waals surface area contributed by atoms with Crippen LogP contribution in [0.25, 0.3) is 0 Å². The van der Waals surface area contributed by atoms with Crippen molar-refractivity contribution < 1.29 is 18.7 Å². The Hall–Kier alpha value is -3.26. The number of anilines is 1. The number of hydrogen-bond acceptors (Lipinski definition) is 5. The fourth-order valence-electron chi connectivity index (χ4n) is 2.88. The van der Waals surface area contributed by atoms with Crippen LogP contribution in [0, 0.1) is 5.82 Å². The van der Waals surface area contributed by atoms with Crippen molar-refractivity contribution >= 4 is 28.3 Å². The molecule has 0 bridgehead atoms. The van der Waals surface area contributed by atoms with Crippen LogP contribution in [0.5, 0.6) is 5.75 Å². The zero-order valence-electron chi connectivity index (χ0n) is 16.7. The first-order chi connectivity index (χ1) is 14.5. The number of rotatable bonds is 8. The van der Waals surface area contributed by atoms with Gasteiger partial charge in [0.15, 0.2) is 16.7 Å². The van der Waals surface area contributed by atoms with E-state index in [0.29, 0.717) is 28.5 Å². The first-order valence-electron chi connectivity index (χ1n) is 9.41. The Morgan fingerprint density at radius 2 is 1.97 bits per heavy atom. The van der Waals surface area contributed by atoms with Gasteiger partial charge in [-0.1, -0.05) is 24.3 Å². The summed E-state index contributed by atoms with van der Waals surface area (Å²) in [6.45, 7) is 2.64. The average Bonchev–Trinajstić information content (AvgIpc) is 3.19. The summed E-state index contributed by atoms with van der Waals surface area (Å²) >= 11 is 1.27. The largest absolute Gasteiger partial charge is 0.494 e. The highest BCUT2D eigenvalue weighted by Gasteiger charge is 2.16. The third-order valence-electron chi connectivity index (χ3n) is 4.46. The predicted molar refractivity (Wildman–Crippen MR) is 114 cm³/mol. The smallest absolute Gasteiger partial charge is 0.257 e. The molecule has 1 N–H and O–H groups in total. The van der Waals surface area contributed by atoms with Gasteiger partial charge in [0.25, 0.3) is 5.91 Å². The number of methoxy groups -OCH3 is 1. The summed E-state index contributed by atoms with van der Waals surface area (Å²) in [6, 6.07) is 13.5. The Kier molecular flexibility index (Phi) is 7.13. The minimum atomic E-state index is -0.461. The molecule has 0 fully saturated rings. The van der Waals surface area contributed by atoms with Gasteiger partial charge in [-0.3, -0.25) is 14.9 Å². The van der Waals surface area contributed by atoms with Crippen LogP contribution < -0.4 is 10.1 Å². The summed E-state index contributed by atoms with van der Waals surface area (Å²) in [5.74, 6) is -0.669. The number of hydrogen-bond donors (Lipinski definition) is 1. The van der Waals surface area contributed by atoms with Crippen LogP contribution in [0.3, 0.4) is 0 Å². The first kappa shape index (κ1) is 21.4. The summed E-state index contributed by atoms with van der Waals surface area (Å²) in [7, 11) is 1.41. The third-order valence-corrected chi connectivity index (χ3v) is 5.27. The summed E-state index contributed by atoms with van der Waals surface area (Å²) in [5.41, 5.74) is 1.79. The number of nitrogens with zero attached hydrogens (tertiary/aromatic N) is 2. The molecular formula is C22H22FN3O3S. The molecule has 30 heavy (non-hydrogen) atoms. The van der Waals surface area contributed by atoms with E-state index < -0.39 is 5.82 Å². The summed E-state index contributed by atoms with van der Waals surface area (Å²) in [6.07, 6.45) is 0.101. The molecule has 156 valence electrons. The second-order valence-electron chi connectivity index (χ2n) is 6.52. The molecule has 6 nitrogen and oxygen atoms in total. The van der Waals surface area contributed by atoms with Gasteiger partial charge >= 0.3 is 0 Å². The van der Waals surface area contributed by atoms with Crippen LogP contribution in [0.15, 0.2) is 53.9 Å². The van der Waals surface area contributed by atoms with E-state index in [2.05, 4.69) is 10.3 Å². The molecule has 1 heterocycles. The topological polar surface area (TPSA) is 71.5 Å². The van der Waals surface area contributed by atoms with Gasteiger partial charge in [-0.25, -0.2) is 9.37 Å². The van der Waals surface area contributed by atoms with Crippen LogP contribution in [0.4, 0.5) is 9.52 Å². The Labute approximate surface area is 178 Å². The highest BCUT2D eigenvalue weighted by atomic mass is 32.1. The van der Waals surface area contributed by atoms with E-state index in [9.17, 15) is 14.0 Å². The van der Waals surface area contributed by atoms with Gasteiger partial charge in [-0.2, -0.15) is 0 Å². The lowest BCUT2D eigenvalue weighted by Gasteiger charge is -2.21. The van der Waals surface area contributed by atoms with Crippen molar-refractivity contribution in [1.29, 1.82) is 0 Å². The van der Waals surface area contributed by atoms with Gasteiger partial charge < -0.3 is 9.64 Å². The van der Waals surface area contributed by atoms with E-state index in [-0.39, 0.29) is 30.5 Å². The van der Waals surface area contributed by atoms with E-state index in [1.54, 1.807) is 46.7 Å². The van der Waals surface area contributed by atoms with Gasteiger partial charge in [-0.05, 0) is 36.8 Å². The van der Waals surface area contributed by atoms with Crippen LogP contribution in [-0.2, 0) is 17.8 Å². The zero-order chi connectivity index (χ0) is 21.5. The Morgan fingerprint density at radius 1 is 1.20 bits per heavy atom. The van der Waals surface area contributed by atoms with E-state index in [1.807, 2.05) is 13.0 Å². The molecule has 2 aromatic carbocycles. The maximum atomic E-state index is 13.9. The van der Waals surface area contributed by atoms with Crippen molar-refractivity contribution in [2.75, 3.05) is 19.0 Å². The second-order valence-corrected chi connectivity index (χ2v) is 7.38. The molecule has 1 aromatic heterocycles. The molecule has 0 aliphatic carbocycles. The monoisotopic (exact) mass is 427 g/mol. The number of carbonyl (C=O) groups is 2. The van der Waals surface area contributed by atoms with Crippen LogP contribution in [0.2, 0.25) is 0 Å². The van der Waals surface area contributed by atoms with Crippen molar-refractivity contribution in [3.63, 3.8) is 0 Å². The van der Waals surface area contributed by atoms with Crippen molar-refractivity contribution in [2.45, 2.75) is 19.9 Å². The highest BCUT2D eigenvalue weighted by Crippen LogP contribution is 2.20. The molecule has 0 aliphatic rings. The van der Waals surface area contributed by atoms with Crippen molar-refractivity contribution in [1.82, 2.24) is 9.88 Å². The molecule has 0 aliphatic heterocycles. The van der Waals surface area contributed by atoms with Crippen molar-refractivity contribution in [3.05, 3.63) is 76.5 Å². The Balaban J connectivity index is 1.60. The lowest BCUT2D eigenvalue weighted by molar-refractivity contribution is -0.130. The van der Waals surface area contributed by atoms with E-state index >= 15 is 0 Å². The summed E-state index contributed by atoms with van der Waals surface area (Å²) in [5, 5.41) is 4.93. The minimum absolute atomic E-state index is 0.101. The number of benzene rings is 2. The minimum Gasteiger partial charge on any atom is -0.494 e. The molecule has 0 atom stereocenters. The molecule has 3 rings (SSSR count). The fraction of sp³-hybridized carbons (Fsp3) is 0.227. The molecule has 8 heteroatoms. The maximum absolute atomic E-state index is 13.9. The van der Waals surface area contributed by atoms with Crippen molar-refractivity contribution in [2.24, 2.45) is 0 Å². The Bertz CT molecular complexity index is 1020.